The number of nitrogens with zero attached hydrogens (tertiary/aromatic N) is 3. The van der Waals surface area contributed by atoms with Crippen molar-refractivity contribution in [1.82, 2.24) is 25.1 Å². The molecule has 0 fully saturated rings. The van der Waals surface area contributed by atoms with Crippen LogP contribution in [0.15, 0.2) is 30.6 Å². The number of hydrogen-bond donors (Lipinski definition) is 3. The van der Waals surface area contributed by atoms with Crippen molar-refractivity contribution in [2.75, 3.05) is 5.32 Å². The molecule has 0 unspecified atom stereocenters. The Balaban J connectivity index is 1.61. The smallest absolute Gasteiger partial charge is 0.227 e. The van der Waals surface area contributed by atoms with Crippen LogP contribution in [0.1, 0.15) is 12.2 Å². The minimum Gasteiger partial charge on any atom is -0.342 e. The van der Waals surface area contributed by atoms with Crippen LogP contribution in [-0.2, 0) is 11.2 Å². The first kappa shape index (κ1) is 11.4. The second kappa shape index (κ2) is 4.89. The summed E-state index contributed by atoms with van der Waals surface area (Å²) in [5.74, 6) is 1.03. The highest BCUT2D eigenvalue weighted by Gasteiger charge is 2.07. The Kier molecular flexibility index (Phi) is 2.93. The van der Waals surface area contributed by atoms with Gasteiger partial charge >= 0.3 is 0 Å². The molecule has 19 heavy (non-hydrogen) atoms. The fraction of sp³-hybridized carbons (Fsp3) is 0.167. The molecule has 3 rings (SSSR count). The first-order valence-electron chi connectivity index (χ1n) is 5.90. The van der Waals surface area contributed by atoms with Gasteiger partial charge in [-0.3, -0.25) is 10.1 Å². The van der Waals surface area contributed by atoms with Crippen molar-refractivity contribution >= 4 is 22.9 Å². The van der Waals surface area contributed by atoms with Crippen LogP contribution < -0.4 is 5.32 Å². The van der Waals surface area contributed by atoms with Crippen molar-refractivity contribution in [3.8, 4) is 0 Å². The predicted molar refractivity (Wildman–Crippen MR) is 69.4 cm³/mol. The number of carbonyl (C=O) groups is 1. The molecule has 0 atom stereocenters. The van der Waals surface area contributed by atoms with Gasteiger partial charge in [0.15, 0.2) is 0 Å². The van der Waals surface area contributed by atoms with E-state index in [4.69, 9.17) is 0 Å². The number of nitrogens with one attached hydrogen (secondary N) is 3. The molecule has 1 amide bonds. The molecule has 0 saturated carbocycles. The average Bonchev–Trinajstić information content (AvgIpc) is 3.04. The van der Waals surface area contributed by atoms with E-state index in [0.29, 0.717) is 18.8 Å². The van der Waals surface area contributed by atoms with Gasteiger partial charge in [-0.2, -0.15) is 10.1 Å². The monoisotopic (exact) mass is 256 g/mol. The van der Waals surface area contributed by atoms with Gasteiger partial charge in [0, 0.05) is 12.8 Å². The zero-order chi connectivity index (χ0) is 13.1. The molecule has 7 heteroatoms. The third kappa shape index (κ3) is 2.59. The van der Waals surface area contributed by atoms with E-state index in [1.54, 1.807) is 0 Å². The maximum atomic E-state index is 11.7. The highest BCUT2D eigenvalue weighted by Crippen LogP contribution is 2.11. The van der Waals surface area contributed by atoms with Crippen molar-refractivity contribution in [3.05, 3.63) is 36.4 Å². The van der Waals surface area contributed by atoms with Gasteiger partial charge in [0.05, 0.1) is 11.0 Å². The maximum absolute atomic E-state index is 11.7. The maximum Gasteiger partial charge on any atom is 0.227 e. The summed E-state index contributed by atoms with van der Waals surface area (Å²) in [5, 5.41) is 8.84. The summed E-state index contributed by atoms with van der Waals surface area (Å²) in [6, 6.07) is 7.77. The van der Waals surface area contributed by atoms with Gasteiger partial charge in [0.25, 0.3) is 0 Å². The van der Waals surface area contributed by atoms with E-state index in [1.165, 1.54) is 6.33 Å². The number of aryl methyl sites for hydroxylation is 1. The Bertz CT molecular complexity index is 654. The molecular weight excluding hydrogens is 244 g/mol. The van der Waals surface area contributed by atoms with Crippen molar-refractivity contribution in [1.29, 1.82) is 0 Å². The summed E-state index contributed by atoms with van der Waals surface area (Å²) < 4.78 is 0. The van der Waals surface area contributed by atoms with E-state index in [9.17, 15) is 4.79 Å². The normalized spacial score (nSPS) is 10.7. The summed E-state index contributed by atoms with van der Waals surface area (Å²) in [7, 11) is 0. The van der Waals surface area contributed by atoms with Gasteiger partial charge in [-0.15, -0.1) is 0 Å². The van der Waals surface area contributed by atoms with E-state index < -0.39 is 0 Å². The summed E-state index contributed by atoms with van der Waals surface area (Å²) in [6.07, 6.45) is 2.23. The number of aromatic nitrogens is 5. The fourth-order valence-electron chi connectivity index (χ4n) is 1.82. The van der Waals surface area contributed by atoms with Crippen LogP contribution >= 0.6 is 0 Å². The Morgan fingerprint density at radius 2 is 2.21 bits per heavy atom. The lowest BCUT2D eigenvalue weighted by atomic mass is 10.3. The minimum atomic E-state index is -0.128. The highest BCUT2D eigenvalue weighted by atomic mass is 16.1. The van der Waals surface area contributed by atoms with Gasteiger partial charge in [-0.05, 0) is 12.1 Å². The Labute approximate surface area is 108 Å². The highest BCUT2D eigenvalue weighted by molar-refractivity contribution is 5.89. The standard InChI is InChI=1S/C12H12N6O/c19-11(17-12-13-7-14-18-12)6-5-10-15-8-3-1-2-4-9(8)16-10/h1-4,7H,5-6H2,(H,15,16)(H2,13,14,17,18,19). The number of anilines is 1. The van der Waals surface area contributed by atoms with Gasteiger partial charge in [-0.25, -0.2) is 10.1 Å². The Morgan fingerprint density at radius 3 is 3.00 bits per heavy atom. The Hall–Kier alpha value is -2.70. The molecule has 2 aromatic heterocycles. The molecule has 0 radical (unpaired) electrons. The third-order valence-electron chi connectivity index (χ3n) is 2.70. The predicted octanol–water partition coefficient (Wildman–Crippen LogP) is 1.25. The molecule has 96 valence electrons. The van der Waals surface area contributed by atoms with Gasteiger partial charge in [0.2, 0.25) is 11.9 Å². The van der Waals surface area contributed by atoms with Crippen LogP contribution in [0.2, 0.25) is 0 Å². The lowest BCUT2D eigenvalue weighted by Gasteiger charge is -1.99. The third-order valence-corrected chi connectivity index (χ3v) is 2.70. The number of H-pyrrole nitrogens is 2. The van der Waals surface area contributed by atoms with Crippen molar-refractivity contribution in [2.24, 2.45) is 0 Å². The molecule has 2 heterocycles. The summed E-state index contributed by atoms with van der Waals surface area (Å²) >= 11 is 0. The van der Waals surface area contributed by atoms with E-state index in [1.807, 2.05) is 24.3 Å². The molecule has 0 saturated heterocycles. The van der Waals surface area contributed by atoms with E-state index in [0.717, 1.165) is 16.9 Å². The number of imidazole rings is 1. The molecular formula is C12H12N6O. The largest absolute Gasteiger partial charge is 0.342 e. The zero-order valence-corrected chi connectivity index (χ0v) is 10.1. The molecule has 0 bridgehead atoms. The molecule has 0 aliphatic heterocycles. The molecule has 0 aliphatic carbocycles. The summed E-state index contributed by atoms with van der Waals surface area (Å²) in [5.41, 5.74) is 1.89. The van der Waals surface area contributed by atoms with E-state index >= 15 is 0 Å². The van der Waals surface area contributed by atoms with Crippen LogP contribution in [0.5, 0.6) is 0 Å². The SMILES string of the molecule is O=C(CCc1nc2ccccc2[nH]1)Nc1ncn[nH]1. The molecule has 0 spiro atoms. The molecule has 3 N–H and O–H groups in total. The van der Waals surface area contributed by atoms with Crippen molar-refractivity contribution < 1.29 is 4.79 Å². The summed E-state index contributed by atoms with van der Waals surface area (Å²) in [6.45, 7) is 0. The van der Waals surface area contributed by atoms with Crippen molar-refractivity contribution in [2.45, 2.75) is 12.8 Å². The number of aromatic amines is 2. The van der Waals surface area contributed by atoms with Gasteiger partial charge < -0.3 is 4.98 Å². The molecule has 0 aliphatic rings. The van der Waals surface area contributed by atoms with E-state index in [2.05, 4.69) is 30.5 Å². The van der Waals surface area contributed by atoms with Crippen LogP contribution in [0, 0.1) is 0 Å². The number of para-hydroxylation sites is 2. The molecule has 1 aromatic carbocycles. The van der Waals surface area contributed by atoms with E-state index in [-0.39, 0.29) is 5.91 Å². The minimum absolute atomic E-state index is 0.128. The number of fused-ring (bicyclic) bond motifs is 1. The number of carbonyl (C=O) groups excluding carboxylic acids is 1. The van der Waals surface area contributed by atoms with Crippen LogP contribution in [-0.4, -0.2) is 31.1 Å². The Morgan fingerprint density at radius 1 is 1.32 bits per heavy atom. The second-order valence-corrected chi connectivity index (χ2v) is 4.08. The lowest BCUT2D eigenvalue weighted by Crippen LogP contribution is -2.13. The number of hydrogen-bond acceptors (Lipinski definition) is 4. The number of benzene rings is 1. The first-order chi connectivity index (χ1) is 9.31. The van der Waals surface area contributed by atoms with Gasteiger partial charge in [-0.1, -0.05) is 12.1 Å². The zero-order valence-electron chi connectivity index (χ0n) is 10.1. The average molecular weight is 256 g/mol. The van der Waals surface area contributed by atoms with Crippen LogP contribution in [0.4, 0.5) is 5.95 Å². The van der Waals surface area contributed by atoms with Crippen LogP contribution in [0.25, 0.3) is 11.0 Å². The molecule has 3 aromatic rings. The summed E-state index contributed by atoms with van der Waals surface area (Å²) in [4.78, 5) is 23.1. The quantitative estimate of drug-likeness (QED) is 0.654. The van der Waals surface area contributed by atoms with Crippen molar-refractivity contribution in [3.63, 3.8) is 0 Å². The van der Waals surface area contributed by atoms with Crippen LogP contribution in [0.3, 0.4) is 0 Å². The van der Waals surface area contributed by atoms with Gasteiger partial charge in [0.1, 0.15) is 12.2 Å². The first-order valence-corrected chi connectivity index (χ1v) is 5.90. The number of amides is 1. The fourth-order valence-corrected chi connectivity index (χ4v) is 1.82. The number of rotatable bonds is 4. The molecule has 7 nitrogen and oxygen atoms in total. The lowest BCUT2D eigenvalue weighted by molar-refractivity contribution is -0.116. The second-order valence-electron chi connectivity index (χ2n) is 4.08. The topological polar surface area (TPSA) is 99.3 Å².